The minimum absolute atomic E-state index is 0.191. The molecule has 3 N–H and O–H groups in total. The first-order chi connectivity index (χ1) is 6.81. The van der Waals surface area contributed by atoms with Gasteiger partial charge in [0.2, 0.25) is 0 Å². The number of carboxylic acid groups (broad SMARTS) is 1. The summed E-state index contributed by atoms with van der Waals surface area (Å²) in [4.78, 5) is 10.7. The fourth-order valence-corrected chi connectivity index (χ4v) is 1.06. The number of carboxylic acids is 1. The van der Waals surface area contributed by atoms with Crippen molar-refractivity contribution < 1.29 is 9.90 Å². The standard InChI is InChI=1S/C11H24N2O2/c1-8(2)11(3,4)7-13-6-9(12-5)10(14)15/h8-9,12-13H,6-7H2,1-5H3,(H,14,15). The maximum atomic E-state index is 10.7. The summed E-state index contributed by atoms with van der Waals surface area (Å²) in [5.74, 6) is -0.241. The van der Waals surface area contributed by atoms with Gasteiger partial charge in [0.15, 0.2) is 0 Å². The van der Waals surface area contributed by atoms with E-state index in [1.165, 1.54) is 0 Å². The van der Waals surface area contributed by atoms with Crippen molar-refractivity contribution in [3.05, 3.63) is 0 Å². The van der Waals surface area contributed by atoms with Gasteiger partial charge in [0.1, 0.15) is 6.04 Å². The summed E-state index contributed by atoms with van der Waals surface area (Å²) in [6.45, 7) is 10.0. The van der Waals surface area contributed by atoms with Crippen LogP contribution in [0.25, 0.3) is 0 Å². The molecule has 0 saturated heterocycles. The molecule has 0 aliphatic heterocycles. The Labute approximate surface area is 92.4 Å². The third-order valence-electron chi connectivity index (χ3n) is 3.14. The number of carbonyl (C=O) groups is 1. The predicted molar refractivity (Wildman–Crippen MR) is 62.0 cm³/mol. The van der Waals surface area contributed by atoms with Gasteiger partial charge < -0.3 is 15.7 Å². The molecule has 0 radical (unpaired) electrons. The van der Waals surface area contributed by atoms with Crippen molar-refractivity contribution >= 4 is 5.97 Å². The van der Waals surface area contributed by atoms with E-state index >= 15 is 0 Å². The van der Waals surface area contributed by atoms with Gasteiger partial charge in [0.25, 0.3) is 0 Å². The van der Waals surface area contributed by atoms with Gasteiger partial charge in [0, 0.05) is 13.1 Å². The van der Waals surface area contributed by atoms with Crippen LogP contribution in [-0.4, -0.2) is 37.3 Å². The Morgan fingerprint density at radius 2 is 1.93 bits per heavy atom. The van der Waals surface area contributed by atoms with Crippen LogP contribution in [0.4, 0.5) is 0 Å². The third kappa shape index (κ3) is 5.14. The van der Waals surface area contributed by atoms with Crippen LogP contribution in [0, 0.1) is 11.3 Å². The van der Waals surface area contributed by atoms with Crippen molar-refractivity contribution in [2.24, 2.45) is 11.3 Å². The van der Waals surface area contributed by atoms with Gasteiger partial charge in [-0.05, 0) is 18.4 Å². The zero-order chi connectivity index (χ0) is 12.1. The Bertz CT molecular complexity index is 203. The molecule has 0 rings (SSSR count). The topological polar surface area (TPSA) is 61.4 Å². The Balaban J connectivity index is 3.92. The molecule has 0 heterocycles. The van der Waals surface area contributed by atoms with Crippen molar-refractivity contribution in [3.63, 3.8) is 0 Å². The smallest absolute Gasteiger partial charge is 0.322 e. The van der Waals surface area contributed by atoms with Gasteiger partial charge >= 0.3 is 5.97 Å². The number of rotatable bonds is 7. The van der Waals surface area contributed by atoms with Gasteiger partial charge in [-0.15, -0.1) is 0 Å². The first-order valence-corrected chi connectivity index (χ1v) is 5.42. The zero-order valence-corrected chi connectivity index (χ0v) is 10.4. The monoisotopic (exact) mass is 216 g/mol. The molecule has 0 fully saturated rings. The molecule has 0 aliphatic rings. The normalized spacial score (nSPS) is 14.3. The minimum atomic E-state index is -0.813. The lowest BCUT2D eigenvalue weighted by Crippen LogP contribution is -2.45. The van der Waals surface area contributed by atoms with Crippen LogP contribution in [0.1, 0.15) is 27.7 Å². The van der Waals surface area contributed by atoms with E-state index in [9.17, 15) is 4.79 Å². The molecule has 0 aliphatic carbocycles. The summed E-state index contributed by atoms with van der Waals surface area (Å²) < 4.78 is 0. The summed E-state index contributed by atoms with van der Waals surface area (Å²) in [5.41, 5.74) is 0.191. The molecule has 90 valence electrons. The van der Waals surface area contributed by atoms with Gasteiger partial charge in [0.05, 0.1) is 0 Å². The van der Waals surface area contributed by atoms with E-state index in [2.05, 4.69) is 38.3 Å². The Morgan fingerprint density at radius 1 is 1.40 bits per heavy atom. The van der Waals surface area contributed by atoms with Crippen LogP contribution in [0.3, 0.4) is 0 Å². The fraction of sp³-hybridized carbons (Fsp3) is 0.909. The Kier molecular flexibility index (Phi) is 5.83. The number of likely N-dealkylation sites (N-methyl/N-ethyl adjacent to an activating group) is 1. The van der Waals surface area contributed by atoms with Crippen molar-refractivity contribution in [1.29, 1.82) is 0 Å². The first kappa shape index (κ1) is 14.4. The van der Waals surface area contributed by atoms with Gasteiger partial charge in [-0.25, -0.2) is 0 Å². The average molecular weight is 216 g/mol. The average Bonchev–Trinajstić information content (AvgIpc) is 2.11. The molecule has 4 nitrogen and oxygen atoms in total. The SMILES string of the molecule is CNC(CNCC(C)(C)C(C)C)C(=O)O. The van der Waals surface area contributed by atoms with E-state index in [4.69, 9.17) is 5.11 Å². The summed E-state index contributed by atoms with van der Waals surface area (Å²) in [7, 11) is 1.66. The maximum absolute atomic E-state index is 10.7. The van der Waals surface area contributed by atoms with Crippen LogP contribution in [0.2, 0.25) is 0 Å². The summed E-state index contributed by atoms with van der Waals surface area (Å²) >= 11 is 0. The van der Waals surface area contributed by atoms with Crippen LogP contribution in [0.15, 0.2) is 0 Å². The summed E-state index contributed by atoms with van der Waals surface area (Å²) in [6, 6.07) is -0.507. The number of hydrogen-bond acceptors (Lipinski definition) is 3. The lowest BCUT2D eigenvalue weighted by molar-refractivity contribution is -0.139. The van der Waals surface area contributed by atoms with Crippen molar-refractivity contribution in [2.75, 3.05) is 20.1 Å². The van der Waals surface area contributed by atoms with Crippen molar-refractivity contribution in [2.45, 2.75) is 33.7 Å². The maximum Gasteiger partial charge on any atom is 0.322 e. The third-order valence-corrected chi connectivity index (χ3v) is 3.14. The van der Waals surface area contributed by atoms with Crippen LogP contribution in [0.5, 0.6) is 0 Å². The van der Waals surface area contributed by atoms with Crippen LogP contribution >= 0.6 is 0 Å². The molecule has 0 saturated carbocycles. The lowest BCUT2D eigenvalue weighted by Gasteiger charge is -2.30. The lowest BCUT2D eigenvalue weighted by atomic mass is 9.81. The Morgan fingerprint density at radius 3 is 2.27 bits per heavy atom. The summed E-state index contributed by atoms with van der Waals surface area (Å²) in [6.07, 6.45) is 0. The minimum Gasteiger partial charge on any atom is -0.480 e. The fourth-order valence-electron chi connectivity index (χ4n) is 1.06. The molecular formula is C11H24N2O2. The largest absolute Gasteiger partial charge is 0.480 e. The van der Waals surface area contributed by atoms with E-state index in [1.807, 2.05) is 0 Å². The second-order valence-electron chi connectivity index (χ2n) is 4.95. The highest BCUT2D eigenvalue weighted by atomic mass is 16.4. The molecule has 15 heavy (non-hydrogen) atoms. The molecule has 1 atom stereocenters. The molecule has 1 unspecified atom stereocenters. The molecular weight excluding hydrogens is 192 g/mol. The van der Waals surface area contributed by atoms with E-state index in [0.717, 1.165) is 6.54 Å². The second-order valence-corrected chi connectivity index (χ2v) is 4.95. The molecule has 0 spiro atoms. The van der Waals surface area contributed by atoms with Gasteiger partial charge in [-0.3, -0.25) is 4.79 Å². The number of hydrogen-bond donors (Lipinski definition) is 3. The molecule has 0 aromatic rings. The van der Waals surface area contributed by atoms with E-state index in [0.29, 0.717) is 12.5 Å². The molecule has 0 bridgehead atoms. The highest BCUT2D eigenvalue weighted by molar-refractivity contribution is 5.73. The van der Waals surface area contributed by atoms with Crippen LogP contribution in [-0.2, 0) is 4.79 Å². The van der Waals surface area contributed by atoms with Crippen LogP contribution < -0.4 is 10.6 Å². The van der Waals surface area contributed by atoms with E-state index in [1.54, 1.807) is 7.05 Å². The van der Waals surface area contributed by atoms with Gasteiger partial charge in [-0.2, -0.15) is 0 Å². The zero-order valence-electron chi connectivity index (χ0n) is 10.4. The predicted octanol–water partition coefficient (Wildman–Crippen LogP) is 0.931. The quantitative estimate of drug-likeness (QED) is 0.592. The van der Waals surface area contributed by atoms with Crippen molar-refractivity contribution in [1.82, 2.24) is 10.6 Å². The first-order valence-electron chi connectivity index (χ1n) is 5.42. The number of aliphatic carboxylic acids is 1. The molecule has 4 heteroatoms. The van der Waals surface area contributed by atoms with E-state index < -0.39 is 12.0 Å². The highest BCUT2D eigenvalue weighted by Gasteiger charge is 2.23. The second kappa shape index (κ2) is 6.08. The summed E-state index contributed by atoms with van der Waals surface area (Å²) in [5, 5.41) is 14.8. The van der Waals surface area contributed by atoms with Gasteiger partial charge in [-0.1, -0.05) is 27.7 Å². The molecule has 0 amide bonds. The van der Waals surface area contributed by atoms with Crippen molar-refractivity contribution in [3.8, 4) is 0 Å². The number of nitrogens with one attached hydrogen (secondary N) is 2. The Hall–Kier alpha value is -0.610. The molecule has 0 aromatic carbocycles. The van der Waals surface area contributed by atoms with E-state index in [-0.39, 0.29) is 5.41 Å². The highest BCUT2D eigenvalue weighted by Crippen LogP contribution is 2.24. The molecule has 0 aromatic heterocycles.